The molecule has 0 aliphatic heterocycles. The maximum atomic E-state index is 12.4. The van der Waals surface area contributed by atoms with Gasteiger partial charge in [0.05, 0.1) is 5.56 Å². The van der Waals surface area contributed by atoms with E-state index in [1.807, 2.05) is 56.3 Å². The van der Waals surface area contributed by atoms with E-state index in [2.05, 4.69) is 10.3 Å². The number of para-hydroxylation sites is 1. The van der Waals surface area contributed by atoms with Gasteiger partial charge in [-0.3, -0.25) is 9.78 Å². The summed E-state index contributed by atoms with van der Waals surface area (Å²) < 4.78 is 0. The maximum absolute atomic E-state index is 12.4. The van der Waals surface area contributed by atoms with Gasteiger partial charge in [0.15, 0.2) is 0 Å². The molecule has 0 aliphatic carbocycles. The van der Waals surface area contributed by atoms with Crippen molar-refractivity contribution in [1.29, 1.82) is 0 Å². The Bertz CT molecular complexity index is 866. The number of anilines is 1. The van der Waals surface area contributed by atoms with Crippen molar-refractivity contribution >= 4 is 11.6 Å². The van der Waals surface area contributed by atoms with Crippen molar-refractivity contribution in [2.45, 2.75) is 13.8 Å². The van der Waals surface area contributed by atoms with Crippen molar-refractivity contribution in [3.05, 3.63) is 77.6 Å². The predicted octanol–water partition coefficient (Wildman–Crippen LogP) is 4.32. The van der Waals surface area contributed by atoms with Crippen LogP contribution in [0.15, 0.2) is 60.9 Å². The highest BCUT2D eigenvalue weighted by atomic mass is 16.3. The largest absolute Gasteiger partial charge is 0.507 e. The summed E-state index contributed by atoms with van der Waals surface area (Å²) in [4.78, 5) is 16.6. The van der Waals surface area contributed by atoms with Crippen LogP contribution in [0.4, 0.5) is 5.69 Å². The average molecular weight is 318 g/mol. The standard InChI is InChI=1S/C20H18N2O2/c1-13-8-15(9-14(2)19(13)23)16-10-17(12-21-11-16)20(24)22-18-6-4-3-5-7-18/h3-12,23H,1-2H3,(H,22,24). The van der Waals surface area contributed by atoms with E-state index >= 15 is 0 Å². The van der Waals surface area contributed by atoms with Gasteiger partial charge in [-0.2, -0.15) is 0 Å². The number of nitrogens with one attached hydrogen (secondary N) is 1. The Morgan fingerprint density at radius 2 is 1.62 bits per heavy atom. The summed E-state index contributed by atoms with van der Waals surface area (Å²) in [5, 5.41) is 12.8. The Hall–Kier alpha value is -3.14. The van der Waals surface area contributed by atoms with Crippen LogP contribution in [0.2, 0.25) is 0 Å². The number of phenolic OH excluding ortho intramolecular Hbond substituents is 1. The monoisotopic (exact) mass is 318 g/mol. The first-order chi connectivity index (χ1) is 11.5. The lowest BCUT2D eigenvalue weighted by Gasteiger charge is -2.09. The maximum Gasteiger partial charge on any atom is 0.257 e. The SMILES string of the molecule is Cc1cc(-c2cncc(C(=O)Nc3ccccc3)c2)cc(C)c1O. The molecule has 0 radical (unpaired) electrons. The van der Waals surface area contributed by atoms with Crippen LogP contribution in [0.25, 0.3) is 11.1 Å². The molecule has 0 aliphatic rings. The number of pyridine rings is 1. The Balaban J connectivity index is 1.91. The van der Waals surface area contributed by atoms with E-state index in [4.69, 9.17) is 0 Å². The van der Waals surface area contributed by atoms with Crippen LogP contribution >= 0.6 is 0 Å². The van der Waals surface area contributed by atoms with E-state index in [0.29, 0.717) is 11.3 Å². The second-order valence-electron chi connectivity index (χ2n) is 5.74. The number of carbonyl (C=O) groups is 1. The normalized spacial score (nSPS) is 10.4. The van der Waals surface area contributed by atoms with Gasteiger partial charge in [-0.15, -0.1) is 0 Å². The average Bonchev–Trinajstić information content (AvgIpc) is 2.60. The minimum Gasteiger partial charge on any atom is -0.507 e. The number of hydrogen-bond donors (Lipinski definition) is 2. The highest BCUT2D eigenvalue weighted by Crippen LogP contribution is 2.29. The number of phenols is 1. The minimum atomic E-state index is -0.206. The van der Waals surface area contributed by atoms with Crippen LogP contribution in [0, 0.1) is 13.8 Å². The van der Waals surface area contributed by atoms with Crippen molar-refractivity contribution < 1.29 is 9.90 Å². The topological polar surface area (TPSA) is 62.2 Å². The quantitative estimate of drug-likeness (QED) is 0.756. The summed E-state index contributed by atoms with van der Waals surface area (Å²) in [5.74, 6) is 0.0902. The molecule has 3 rings (SSSR count). The number of nitrogens with zero attached hydrogens (tertiary/aromatic N) is 1. The van der Waals surface area contributed by atoms with E-state index in [9.17, 15) is 9.90 Å². The highest BCUT2D eigenvalue weighted by molar-refractivity contribution is 6.04. The van der Waals surface area contributed by atoms with Gasteiger partial charge in [0.1, 0.15) is 5.75 Å². The number of rotatable bonds is 3. The molecular formula is C20H18N2O2. The number of carbonyl (C=O) groups excluding carboxylic acids is 1. The van der Waals surface area contributed by atoms with Crippen LogP contribution in [0.1, 0.15) is 21.5 Å². The number of aromatic nitrogens is 1. The summed E-state index contributed by atoms with van der Waals surface area (Å²) in [5.41, 5.74) is 4.57. The van der Waals surface area contributed by atoms with Crippen molar-refractivity contribution in [3.8, 4) is 16.9 Å². The zero-order valence-corrected chi connectivity index (χ0v) is 13.6. The van der Waals surface area contributed by atoms with Crippen molar-refractivity contribution in [2.75, 3.05) is 5.32 Å². The van der Waals surface area contributed by atoms with Gasteiger partial charge in [0, 0.05) is 23.6 Å². The number of amides is 1. The van der Waals surface area contributed by atoms with Crippen molar-refractivity contribution in [1.82, 2.24) is 4.98 Å². The van der Waals surface area contributed by atoms with Crippen LogP contribution < -0.4 is 5.32 Å². The molecule has 1 heterocycles. The van der Waals surface area contributed by atoms with Crippen LogP contribution in [0.3, 0.4) is 0 Å². The number of aromatic hydroxyl groups is 1. The molecule has 120 valence electrons. The molecule has 0 atom stereocenters. The van der Waals surface area contributed by atoms with Gasteiger partial charge < -0.3 is 10.4 Å². The van der Waals surface area contributed by atoms with E-state index in [-0.39, 0.29) is 5.91 Å². The third-order valence-corrected chi connectivity index (χ3v) is 3.86. The lowest BCUT2D eigenvalue weighted by Crippen LogP contribution is -2.12. The second kappa shape index (κ2) is 6.54. The molecule has 0 saturated carbocycles. The summed E-state index contributed by atoms with van der Waals surface area (Å²) in [6, 6.07) is 14.9. The molecule has 2 N–H and O–H groups in total. The fourth-order valence-corrected chi connectivity index (χ4v) is 2.57. The number of benzene rings is 2. The molecule has 0 spiro atoms. The van der Waals surface area contributed by atoms with Gasteiger partial charge in [0.25, 0.3) is 5.91 Å². The van der Waals surface area contributed by atoms with E-state index in [1.165, 1.54) is 0 Å². The number of hydrogen-bond acceptors (Lipinski definition) is 3. The minimum absolute atomic E-state index is 0.206. The van der Waals surface area contributed by atoms with Gasteiger partial charge in [-0.25, -0.2) is 0 Å². The highest BCUT2D eigenvalue weighted by Gasteiger charge is 2.10. The number of aryl methyl sites for hydroxylation is 2. The Morgan fingerprint density at radius 1 is 0.958 bits per heavy atom. The third kappa shape index (κ3) is 3.27. The zero-order valence-electron chi connectivity index (χ0n) is 13.6. The summed E-state index contributed by atoms with van der Waals surface area (Å²) in [6.07, 6.45) is 3.26. The Kier molecular flexibility index (Phi) is 4.29. The molecular weight excluding hydrogens is 300 g/mol. The van der Waals surface area contributed by atoms with E-state index < -0.39 is 0 Å². The summed E-state index contributed by atoms with van der Waals surface area (Å²) >= 11 is 0. The predicted molar refractivity (Wildman–Crippen MR) is 95.2 cm³/mol. The van der Waals surface area contributed by atoms with E-state index in [0.717, 1.165) is 27.9 Å². The zero-order chi connectivity index (χ0) is 17.1. The molecule has 1 aromatic heterocycles. The van der Waals surface area contributed by atoms with Gasteiger partial charge in [-0.1, -0.05) is 18.2 Å². The second-order valence-corrected chi connectivity index (χ2v) is 5.74. The van der Waals surface area contributed by atoms with Gasteiger partial charge >= 0.3 is 0 Å². The summed E-state index contributed by atoms with van der Waals surface area (Å²) in [7, 11) is 0. The van der Waals surface area contributed by atoms with Crippen molar-refractivity contribution in [3.63, 3.8) is 0 Å². The Labute approximate surface area is 140 Å². The molecule has 2 aromatic carbocycles. The fraction of sp³-hybridized carbons (Fsp3) is 0.100. The molecule has 3 aromatic rings. The van der Waals surface area contributed by atoms with Crippen molar-refractivity contribution in [2.24, 2.45) is 0 Å². The van der Waals surface area contributed by atoms with Gasteiger partial charge in [-0.05, 0) is 60.9 Å². The lowest BCUT2D eigenvalue weighted by molar-refractivity contribution is 0.102. The Morgan fingerprint density at radius 3 is 2.29 bits per heavy atom. The first kappa shape index (κ1) is 15.7. The molecule has 0 bridgehead atoms. The van der Waals surface area contributed by atoms with Crippen LogP contribution in [-0.4, -0.2) is 16.0 Å². The van der Waals surface area contributed by atoms with E-state index in [1.54, 1.807) is 18.5 Å². The molecule has 0 fully saturated rings. The molecule has 4 nitrogen and oxygen atoms in total. The molecule has 0 saturated heterocycles. The fourth-order valence-electron chi connectivity index (χ4n) is 2.57. The first-order valence-electron chi connectivity index (χ1n) is 7.66. The smallest absolute Gasteiger partial charge is 0.257 e. The molecule has 1 amide bonds. The lowest BCUT2D eigenvalue weighted by atomic mass is 10.00. The molecule has 4 heteroatoms. The molecule has 24 heavy (non-hydrogen) atoms. The summed E-state index contributed by atoms with van der Waals surface area (Å²) in [6.45, 7) is 3.70. The van der Waals surface area contributed by atoms with Gasteiger partial charge in [0.2, 0.25) is 0 Å². The first-order valence-corrected chi connectivity index (χ1v) is 7.66. The van der Waals surface area contributed by atoms with Crippen LogP contribution in [-0.2, 0) is 0 Å². The third-order valence-electron chi connectivity index (χ3n) is 3.86. The van der Waals surface area contributed by atoms with Crippen LogP contribution in [0.5, 0.6) is 5.75 Å². The molecule has 0 unspecified atom stereocenters.